The number of aromatic nitrogens is 2. The highest BCUT2D eigenvalue weighted by atomic mass is 16.5. The molecular formula is C12H18N4O4. The zero-order chi connectivity index (χ0) is 14.5. The number of carbonyl (C=O) groups is 2. The molecule has 1 fully saturated rings. The Kier molecular flexibility index (Phi) is 4.57. The molecule has 2 rings (SSSR count). The number of hydrogen-bond donors (Lipinski definition) is 3. The first-order chi connectivity index (χ1) is 9.56. The van der Waals surface area contributed by atoms with Crippen LogP contribution in [0, 0.1) is 0 Å². The number of hydrogen-bond acceptors (Lipinski definition) is 4. The van der Waals surface area contributed by atoms with Crippen LogP contribution in [0.25, 0.3) is 0 Å². The van der Waals surface area contributed by atoms with E-state index in [4.69, 9.17) is 9.84 Å². The second-order valence-corrected chi connectivity index (χ2v) is 4.74. The second kappa shape index (κ2) is 6.38. The number of rotatable bonds is 5. The van der Waals surface area contributed by atoms with Crippen LogP contribution >= 0.6 is 0 Å². The largest absolute Gasteiger partial charge is 0.479 e. The number of aromatic amines is 1. The Balaban J connectivity index is 1.71. The Labute approximate surface area is 116 Å². The van der Waals surface area contributed by atoms with Crippen LogP contribution < -0.4 is 5.32 Å². The lowest BCUT2D eigenvalue weighted by molar-refractivity contribution is -0.149. The van der Waals surface area contributed by atoms with E-state index in [1.165, 1.54) is 4.90 Å². The Morgan fingerprint density at radius 1 is 1.60 bits per heavy atom. The summed E-state index contributed by atoms with van der Waals surface area (Å²) >= 11 is 0. The second-order valence-electron chi connectivity index (χ2n) is 4.74. The minimum Gasteiger partial charge on any atom is -0.479 e. The third kappa shape index (κ3) is 3.70. The highest BCUT2D eigenvalue weighted by molar-refractivity contribution is 5.74. The van der Waals surface area contributed by atoms with Crippen LogP contribution in [-0.2, 0) is 16.1 Å². The molecule has 110 valence electrons. The Morgan fingerprint density at radius 3 is 3.00 bits per heavy atom. The van der Waals surface area contributed by atoms with E-state index in [1.807, 2.05) is 0 Å². The molecule has 1 aromatic heterocycles. The predicted molar refractivity (Wildman–Crippen MR) is 69.0 cm³/mol. The Hall–Kier alpha value is -2.09. The Bertz CT molecular complexity index is 462. The first kappa shape index (κ1) is 14.3. The molecular weight excluding hydrogens is 264 g/mol. The summed E-state index contributed by atoms with van der Waals surface area (Å²) in [5.74, 6) is -0.250. The van der Waals surface area contributed by atoms with Gasteiger partial charge < -0.3 is 25.0 Å². The normalized spacial score (nSPS) is 21.6. The number of carbonyl (C=O) groups excluding carboxylic acids is 1. The fraction of sp³-hybridized carbons (Fsp3) is 0.583. The molecule has 8 nitrogen and oxygen atoms in total. The number of carboxylic acid groups (broad SMARTS) is 1. The topological polar surface area (TPSA) is 108 Å². The molecule has 0 aromatic carbocycles. The third-order valence-corrected chi connectivity index (χ3v) is 3.15. The van der Waals surface area contributed by atoms with E-state index in [0.717, 1.165) is 0 Å². The average molecular weight is 282 g/mol. The lowest BCUT2D eigenvalue weighted by atomic mass is 10.2. The number of nitrogens with one attached hydrogen (secondary N) is 2. The number of H-pyrrole nitrogens is 1. The molecule has 8 heteroatoms. The van der Waals surface area contributed by atoms with E-state index >= 15 is 0 Å². The summed E-state index contributed by atoms with van der Waals surface area (Å²) in [6.07, 6.45) is 3.45. The minimum absolute atomic E-state index is 0.239. The number of urea groups is 1. The van der Waals surface area contributed by atoms with Gasteiger partial charge in [-0.05, 0) is 12.8 Å². The van der Waals surface area contributed by atoms with Gasteiger partial charge in [0, 0.05) is 26.0 Å². The van der Waals surface area contributed by atoms with Gasteiger partial charge in [0.2, 0.25) is 0 Å². The number of nitrogens with zero attached hydrogens (tertiary/aromatic N) is 2. The lowest BCUT2D eigenvalue weighted by Gasteiger charge is -2.18. The van der Waals surface area contributed by atoms with E-state index in [9.17, 15) is 9.59 Å². The standard InChI is InChI=1S/C12H18N4O4/c1-16(7-10-13-4-5-14-10)12(19)15-6-8-2-3-9(20-8)11(17)18/h4-5,8-9H,2-3,6-7H2,1H3,(H,13,14)(H,15,19)(H,17,18). The van der Waals surface area contributed by atoms with Gasteiger partial charge >= 0.3 is 12.0 Å². The third-order valence-electron chi connectivity index (χ3n) is 3.15. The molecule has 3 N–H and O–H groups in total. The fourth-order valence-electron chi connectivity index (χ4n) is 2.05. The van der Waals surface area contributed by atoms with Gasteiger partial charge in [0.1, 0.15) is 5.82 Å². The smallest absolute Gasteiger partial charge is 0.332 e. The van der Waals surface area contributed by atoms with Crippen LogP contribution in [0.4, 0.5) is 4.79 Å². The summed E-state index contributed by atoms with van der Waals surface area (Å²) in [4.78, 5) is 31.0. The average Bonchev–Trinajstić information content (AvgIpc) is 3.06. The maximum Gasteiger partial charge on any atom is 0.332 e. The molecule has 0 spiro atoms. The summed E-state index contributed by atoms with van der Waals surface area (Å²) in [6.45, 7) is 0.688. The van der Waals surface area contributed by atoms with Crippen LogP contribution in [0.3, 0.4) is 0 Å². The summed E-state index contributed by atoms with van der Waals surface area (Å²) in [5, 5.41) is 11.5. The molecule has 0 saturated carbocycles. The van der Waals surface area contributed by atoms with E-state index in [0.29, 0.717) is 31.8 Å². The lowest BCUT2D eigenvalue weighted by Crippen LogP contribution is -2.41. The van der Waals surface area contributed by atoms with Gasteiger partial charge in [-0.25, -0.2) is 14.6 Å². The molecule has 2 amide bonds. The molecule has 2 atom stereocenters. The quantitative estimate of drug-likeness (QED) is 0.714. The number of imidazole rings is 1. The molecule has 1 aliphatic heterocycles. The summed E-state index contributed by atoms with van der Waals surface area (Å²) in [7, 11) is 1.66. The number of aliphatic carboxylic acids is 1. The van der Waals surface area contributed by atoms with Crippen LogP contribution in [0.5, 0.6) is 0 Å². The van der Waals surface area contributed by atoms with Crippen LogP contribution in [0.15, 0.2) is 12.4 Å². The molecule has 1 aromatic rings. The van der Waals surface area contributed by atoms with E-state index in [1.54, 1.807) is 19.4 Å². The van der Waals surface area contributed by atoms with Gasteiger partial charge in [0.15, 0.2) is 6.10 Å². The molecule has 1 aliphatic rings. The van der Waals surface area contributed by atoms with Crippen molar-refractivity contribution in [2.24, 2.45) is 0 Å². The van der Waals surface area contributed by atoms with Crippen LogP contribution in [-0.4, -0.2) is 57.8 Å². The van der Waals surface area contributed by atoms with Crippen molar-refractivity contribution in [3.8, 4) is 0 Å². The summed E-state index contributed by atoms with van der Waals surface area (Å²) < 4.78 is 5.31. The van der Waals surface area contributed by atoms with Crippen LogP contribution in [0.1, 0.15) is 18.7 Å². The maximum absolute atomic E-state index is 11.8. The molecule has 0 radical (unpaired) electrons. The Morgan fingerprint density at radius 2 is 2.40 bits per heavy atom. The number of ether oxygens (including phenoxy) is 1. The first-order valence-corrected chi connectivity index (χ1v) is 6.41. The van der Waals surface area contributed by atoms with Crippen molar-refractivity contribution in [3.63, 3.8) is 0 Å². The van der Waals surface area contributed by atoms with E-state index in [2.05, 4.69) is 15.3 Å². The van der Waals surface area contributed by atoms with Gasteiger partial charge in [-0.3, -0.25) is 0 Å². The highest BCUT2D eigenvalue weighted by Gasteiger charge is 2.30. The molecule has 0 aliphatic carbocycles. The molecule has 1 saturated heterocycles. The van der Waals surface area contributed by atoms with Gasteiger partial charge in [0.05, 0.1) is 12.6 Å². The minimum atomic E-state index is -0.950. The van der Waals surface area contributed by atoms with Gasteiger partial charge in [-0.1, -0.05) is 0 Å². The van der Waals surface area contributed by atoms with Gasteiger partial charge in [-0.15, -0.1) is 0 Å². The predicted octanol–water partition coefficient (Wildman–Crippen LogP) is 0.183. The highest BCUT2D eigenvalue weighted by Crippen LogP contribution is 2.19. The van der Waals surface area contributed by atoms with Crippen molar-refractivity contribution in [3.05, 3.63) is 18.2 Å². The molecule has 0 bridgehead atoms. The summed E-state index contributed by atoms with van der Waals surface area (Å²) in [5.41, 5.74) is 0. The monoisotopic (exact) mass is 282 g/mol. The first-order valence-electron chi connectivity index (χ1n) is 6.41. The van der Waals surface area contributed by atoms with Gasteiger partial charge in [-0.2, -0.15) is 0 Å². The summed E-state index contributed by atoms with van der Waals surface area (Å²) in [6, 6.07) is -0.247. The van der Waals surface area contributed by atoms with Crippen molar-refractivity contribution >= 4 is 12.0 Å². The van der Waals surface area contributed by atoms with Crippen molar-refractivity contribution in [1.82, 2.24) is 20.2 Å². The van der Waals surface area contributed by atoms with Gasteiger partial charge in [0.25, 0.3) is 0 Å². The van der Waals surface area contributed by atoms with E-state index < -0.39 is 12.1 Å². The van der Waals surface area contributed by atoms with Crippen molar-refractivity contribution in [2.75, 3.05) is 13.6 Å². The van der Waals surface area contributed by atoms with Crippen molar-refractivity contribution in [1.29, 1.82) is 0 Å². The molecule has 2 heterocycles. The number of carboxylic acids is 1. The van der Waals surface area contributed by atoms with Crippen molar-refractivity contribution in [2.45, 2.75) is 31.6 Å². The maximum atomic E-state index is 11.8. The van der Waals surface area contributed by atoms with Crippen LogP contribution in [0.2, 0.25) is 0 Å². The SMILES string of the molecule is CN(Cc1ncc[nH]1)C(=O)NCC1CCC(C(=O)O)O1. The van der Waals surface area contributed by atoms with E-state index in [-0.39, 0.29) is 12.1 Å². The fourth-order valence-corrected chi connectivity index (χ4v) is 2.05. The zero-order valence-corrected chi connectivity index (χ0v) is 11.2. The molecule has 20 heavy (non-hydrogen) atoms. The molecule has 2 unspecified atom stereocenters. The zero-order valence-electron chi connectivity index (χ0n) is 11.2. The van der Waals surface area contributed by atoms with Crippen molar-refractivity contribution < 1.29 is 19.4 Å². The number of amides is 2.